The third-order valence-corrected chi connectivity index (χ3v) is 6.52. The number of fused-ring (bicyclic) bond motifs is 2. The minimum absolute atomic E-state index is 0.00653. The molecule has 0 radical (unpaired) electrons. The van der Waals surface area contributed by atoms with Gasteiger partial charge in [0, 0.05) is 6.42 Å². The molecule has 2 saturated heterocycles. The first-order chi connectivity index (χ1) is 9.86. The summed E-state index contributed by atoms with van der Waals surface area (Å²) in [6.45, 7) is 3.80. The van der Waals surface area contributed by atoms with Crippen LogP contribution in [0.15, 0.2) is 29.2 Å². The normalized spacial score (nSPS) is 35.8. The number of para-hydroxylation sites is 1. The van der Waals surface area contributed by atoms with E-state index in [2.05, 4.69) is 0 Å². The zero-order valence-electron chi connectivity index (χ0n) is 12.2. The van der Waals surface area contributed by atoms with Gasteiger partial charge >= 0.3 is 0 Å². The number of sulfone groups is 1. The van der Waals surface area contributed by atoms with Crippen molar-refractivity contribution >= 4 is 9.84 Å². The van der Waals surface area contributed by atoms with Crippen molar-refractivity contribution in [1.82, 2.24) is 0 Å². The molecule has 0 aromatic heterocycles. The summed E-state index contributed by atoms with van der Waals surface area (Å²) in [4.78, 5) is -0.00653. The molecule has 4 atom stereocenters. The third kappa shape index (κ3) is 2.45. The molecular weight excluding hydrogens is 292 g/mol. The lowest BCUT2D eigenvalue weighted by atomic mass is 10.0. The number of phenols is 1. The van der Waals surface area contributed by atoms with Crippen molar-refractivity contribution < 1.29 is 23.0 Å². The standard InChI is InChI=1S/C15H20O5S/c1-3-12-13-8-10(9-15(2,19-12)20-13)21(17,18)14-7-5-4-6-11(14)16/h4-7,10,12-13,16H,3,8-9H2,1-2H3/t10-,12-,13+,15-/m0/s1. The molecule has 1 aromatic carbocycles. The maximum atomic E-state index is 12.8. The molecule has 3 rings (SSSR count). The van der Waals surface area contributed by atoms with Crippen LogP contribution in [-0.4, -0.2) is 36.8 Å². The van der Waals surface area contributed by atoms with E-state index in [1.165, 1.54) is 12.1 Å². The van der Waals surface area contributed by atoms with Crippen molar-refractivity contribution in [2.75, 3.05) is 0 Å². The molecule has 2 aliphatic heterocycles. The summed E-state index contributed by atoms with van der Waals surface area (Å²) in [5.74, 6) is -1.04. The summed E-state index contributed by atoms with van der Waals surface area (Å²) in [5.41, 5.74) is 0. The van der Waals surface area contributed by atoms with Crippen molar-refractivity contribution in [3.8, 4) is 5.75 Å². The van der Waals surface area contributed by atoms with Gasteiger partial charge in [0.2, 0.25) is 0 Å². The minimum Gasteiger partial charge on any atom is -0.507 e. The lowest BCUT2D eigenvalue weighted by Crippen LogP contribution is -2.41. The Bertz CT molecular complexity index is 641. The van der Waals surface area contributed by atoms with Crippen molar-refractivity contribution in [3.05, 3.63) is 24.3 Å². The monoisotopic (exact) mass is 312 g/mol. The van der Waals surface area contributed by atoms with E-state index in [9.17, 15) is 13.5 Å². The molecule has 1 aromatic rings. The molecule has 21 heavy (non-hydrogen) atoms. The Labute approximate surface area is 124 Å². The van der Waals surface area contributed by atoms with Gasteiger partial charge in [-0.05, 0) is 31.9 Å². The number of rotatable bonds is 3. The summed E-state index contributed by atoms with van der Waals surface area (Å²) < 4.78 is 37.3. The molecule has 5 nitrogen and oxygen atoms in total. The van der Waals surface area contributed by atoms with E-state index in [1.807, 2.05) is 6.92 Å². The first-order valence-electron chi connectivity index (χ1n) is 7.23. The predicted molar refractivity (Wildman–Crippen MR) is 76.8 cm³/mol. The molecule has 116 valence electrons. The molecule has 2 bridgehead atoms. The molecular formula is C15H20O5S. The topological polar surface area (TPSA) is 72.8 Å². The van der Waals surface area contributed by atoms with Gasteiger partial charge in [0.1, 0.15) is 10.6 Å². The van der Waals surface area contributed by atoms with Crippen LogP contribution in [0, 0.1) is 0 Å². The molecule has 0 amide bonds. The van der Waals surface area contributed by atoms with Gasteiger partial charge in [0.15, 0.2) is 15.6 Å². The van der Waals surface area contributed by atoms with Crippen LogP contribution in [0.1, 0.15) is 33.1 Å². The highest BCUT2D eigenvalue weighted by molar-refractivity contribution is 7.92. The summed E-state index contributed by atoms with van der Waals surface area (Å²) in [5, 5.41) is 9.25. The van der Waals surface area contributed by atoms with Crippen LogP contribution in [0.5, 0.6) is 5.75 Å². The number of ether oxygens (including phenoxy) is 2. The first kappa shape index (κ1) is 14.8. The van der Waals surface area contributed by atoms with Crippen LogP contribution < -0.4 is 0 Å². The highest BCUT2D eigenvalue weighted by Gasteiger charge is 2.53. The van der Waals surface area contributed by atoms with Crippen LogP contribution in [-0.2, 0) is 19.3 Å². The van der Waals surface area contributed by atoms with E-state index >= 15 is 0 Å². The summed E-state index contributed by atoms with van der Waals surface area (Å²) in [6.07, 6.45) is 1.24. The van der Waals surface area contributed by atoms with E-state index < -0.39 is 20.9 Å². The SMILES string of the molecule is CC[C@@H]1O[C@]2(C)C[C@@H](S(=O)(=O)c3ccccc3O)C[C@H]1O2. The second-order valence-corrected chi connectivity index (χ2v) is 8.13. The molecule has 0 spiro atoms. The van der Waals surface area contributed by atoms with E-state index in [1.54, 1.807) is 19.1 Å². The summed E-state index contributed by atoms with van der Waals surface area (Å²) >= 11 is 0. The quantitative estimate of drug-likeness (QED) is 0.926. The molecule has 2 fully saturated rings. The lowest BCUT2D eigenvalue weighted by Gasteiger charge is -2.33. The maximum Gasteiger partial charge on any atom is 0.185 e. The molecule has 0 saturated carbocycles. The van der Waals surface area contributed by atoms with Crippen LogP contribution >= 0.6 is 0 Å². The Hall–Kier alpha value is -1.11. The largest absolute Gasteiger partial charge is 0.507 e. The average molecular weight is 312 g/mol. The zero-order chi connectivity index (χ0) is 15.3. The Morgan fingerprint density at radius 1 is 1.33 bits per heavy atom. The first-order valence-corrected chi connectivity index (χ1v) is 8.78. The van der Waals surface area contributed by atoms with Crippen LogP contribution in [0.3, 0.4) is 0 Å². The van der Waals surface area contributed by atoms with E-state index in [-0.39, 0.29) is 29.3 Å². The fourth-order valence-corrected chi connectivity index (χ4v) is 5.28. The number of aromatic hydroxyl groups is 1. The number of benzene rings is 1. The lowest BCUT2D eigenvalue weighted by molar-refractivity contribution is -0.178. The molecule has 6 heteroatoms. The molecule has 1 N–H and O–H groups in total. The summed E-state index contributed by atoms with van der Waals surface area (Å²) in [6, 6.07) is 6.07. The van der Waals surface area contributed by atoms with Crippen molar-refractivity contribution in [2.24, 2.45) is 0 Å². The smallest absolute Gasteiger partial charge is 0.185 e. The van der Waals surface area contributed by atoms with Gasteiger partial charge in [-0.1, -0.05) is 19.1 Å². The number of hydrogen-bond donors (Lipinski definition) is 1. The fraction of sp³-hybridized carbons (Fsp3) is 0.600. The van der Waals surface area contributed by atoms with Crippen LogP contribution in [0.25, 0.3) is 0 Å². The zero-order valence-corrected chi connectivity index (χ0v) is 13.0. The highest BCUT2D eigenvalue weighted by atomic mass is 32.2. The summed E-state index contributed by atoms with van der Waals surface area (Å²) in [7, 11) is -3.60. The van der Waals surface area contributed by atoms with Gasteiger partial charge in [-0.3, -0.25) is 0 Å². The Balaban J connectivity index is 1.93. The van der Waals surface area contributed by atoms with Crippen molar-refractivity contribution in [1.29, 1.82) is 0 Å². The van der Waals surface area contributed by atoms with Crippen molar-refractivity contribution in [3.63, 3.8) is 0 Å². The van der Waals surface area contributed by atoms with Gasteiger partial charge in [-0.15, -0.1) is 0 Å². The van der Waals surface area contributed by atoms with Gasteiger partial charge < -0.3 is 14.6 Å². The second kappa shape index (κ2) is 4.97. The average Bonchev–Trinajstić information content (AvgIpc) is 2.67. The maximum absolute atomic E-state index is 12.8. The minimum atomic E-state index is -3.60. The fourth-order valence-electron chi connectivity index (χ4n) is 3.33. The van der Waals surface area contributed by atoms with Crippen LogP contribution in [0.4, 0.5) is 0 Å². The van der Waals surface area contributed by atoms with Crippen molar-refractivity contribution in [2.45, 2.75) is 61.3 Å². The second-order valence-electron chi connectivity index (χ2n) is 5.93. The molecule has 2 heterocycles. The Morgan fingerprint density at radius 3 is 2.71 bits per heavy atom. The van der Waals surface area contributed by atoms with Gasteiger partial charge in [0.05, 0.1) is 17.5 Å². The van der Waals surface area contributed by atoms with Gasteiger partial charge in [-0.25, -0.2) is 8.42 Å². The van der Waals surface area contributed by atoms with Gasteiger partial charge in [0.25, 0.3) is 0 Å². The van der Waals surface area contributed by atoms with E-state index in [0.29, 0.717) is 6.42 Å². The number of hydrogen-bond acceptors (Lipinski definition) is 5. The molecule has 0 unspecified atom stereocenters. The third-order valence-electron chi connectivity index (χ3n) is 4.32. The number of phenolic OH excluding ortho intramolecular Hbond substituents is 1. The van der Waals surface area contributed by atoms with Gasteiger partial charge in [-0.2, -0.15) is 0 Å². The van der Waals surface area contributed by atoms with E-state index in [0.717, 1.165) is 6.42 Å². The molecule has 0 aliphatic carbocycles. The Kier molecular flexibility index (Phi) is 3.50. The Morgan fingerprint density at radius 2 is 2.05 bits per heavy atom. The predicted octanol–water partition coefficient (Wildman–Crippen LogP) is 2.24. The highest BCUT2D eigenvalue weighted by Crippen LogP contribution is 2.44. The molecule has 2 aliphatic rings. The van der Waals surface area contributed by atoms with Crippen LogP contribution in [0.2, 0.25) is 0 Å². The van der Waals surface area contributed by atoms with E-state index in [4.69, 9.17) is 9.47 Å².